The summed E-state index contributed by atoms with van der Waals surface area (Å²) in [7, 11) is 0. The number of halogens is 1. The molecule has 7 heteroatoms. The lowest BCUT2D eigenvalue weighted by Crippen LogP contribution is -2.18. The summed E-state index contributed by atoms with van der Waals surface area (Å²) in [6.07, 6.45) is 0. The second-order valence-corrected chi connectivity index (χ2v) is 6.70. The van der Waals surface area contributed by atoms with Crippen molar-refractivity contribution in [3.8, 4) is 11.3 Å². The number of aryl methyl sites for hydroxylation is 1. The molecule has 0 spiro atoms. The molecule has 0 fully saturated rings. The van der Waals surface area contributed by atoms with Gasteiger partial charge in [-0.3, -0.25) is 4.79 Å². The molecule has 0 amide bonds. The van der Waals surface area contributed by atoms with Crippen LogP contribution in [0.4, 0.5) is 0 Å². The maximum Gasteiger partial charge on any atom is 0.380 e. The van der Waals surface area contributed by atoms with E-state index in [0.717, 1.165) is 11.1 Å². The number of carbonyl (C=O) groups excluding carboxylic acids is 2. The summed E-state index contributed by atoms with van der Waals surface area (Å²) in [4.78, 5) is 27.9. The Morgan fingerprint density at radius 3 is 2.68 bits per heavy atom. The van der Waals surface area contributed by atoms with E-state index in [0.29, 0.717) is 33.1 Å². The zero-order valence-corrected chi connectivity index (χ0v) is 15.6. The first-order chi connectivity index (χ1) is 13.5. The molecule has 0 bridgehead atoms. The molecule has 0 saturated heterocycles. The fourth-order valence-electron chi connectivity index (χ4n) is 3.01. The lowest BCUT2D eigenvalue weighted by Gasteiger charge is -2.02. The number of aromatic amines is 1. The Morgan fingerprint density at radius 1 is 1.14 bits per heavy atom. The van der Waals surface area contributed by atoms with Crippen LogP contribution in [0, 0.1) is 6.92 Å². The molecule has 2 aromatic carbocycles. The van der Waals surface area contributed by atoms with Crippen molar-refractivity contribution in [2.75, 3.05) is 0 Å². The molecule has 28 heavy (non-hydrogen) atoms. The molecular weight excluding hydrogens is 380 g/mol. The van der Waals surface area contributed by atoms with Gasteiger partial charge < -0.3 is 14.2 Å². The molecular formula is C21H15ClN2O4. The highest BCUT2D eigenvalue weighted by molar-refractivity contribution is 6.43. The molecule has 0 saturated carbocycles. The zero-order valence-electron chi connectivity index (χ0n) is 14.9. The van der Waals surface area contributed by atoms with E-state index in [1.807, 2.05) is 18.2 Å². The van der Waals surface area contributed by atoms with Crippen LogP contribution in [-0.4, -0.2) is 21.9 Å². The first kappa shape index (κ1) is 18.0. The van der Waals surface area contributed by atoms with Crippen LogP contribution in [0.2, 0.25) is 5.02 Å². The van der Waals surface area contributed by atoms with Crippen LogP contribution >= 0.6 is 11.6 Å². The Kier molecular flexibility index (Phi) is 4.71. The van der Waals surface area contributed by atoms with Crippen LogP contribution in [0.5, 0.6) is 0 Å². The average Bonchev–Trinajstić information content (AvgIpc) is 3.29. The van der Waals surface area contributed by atoms with Crippen LogP contribution in [0.25, 0.3) is 22.2 Å². The van der Waals surface area contributed by atoms with Crippen molar-refractivity contribution < 1.29 is 18.8 Å². The van der Waals surface area contributed by atoms with E-state index in [-0.39, 0.29) is 6.61 Å². The number of ether oxygens (including phenoxy) is 1. The number of nitrogens with one attached hydrogen (secondary N) is 1. The molecule has 4 rings (SSSR count). The van der Waals surface area contributed by atoms with Gasteiger partial charge in [0.15, 0.2) is 5.76 Å². The molecule has 1 N–H and O–H groups in total. The second kappa shape index (κ2) is 7.32. The SMILES string of the molecule is Cc1[nH]c2ccccc2c1C(=O)C(=O)OCc1cc(-c2ccc(Cl)cc2)on1. The van der Waals surface area contributed by atoms with Gasteiger partial charge in [-0.2, -0.15) is 0 Å². The number of fused-ring (bicyclic) bond motifs is 1. The maximum atomic E-state index is 12.6. The summed E-state index contributed by atoms with van der Waals surface area (Å²) in [6, 6.07) is 16.0. The quantitative estimate of drug-likeness (QED) is 0.301. The van der Waals surface area contributed by atoms with Gasteiger partial charge in [0, 0.05) is 33.2 Å². The molecule has 0 atom stereocenters. The van der Waals surface area contributed by atoms with Crippen molar-refractivity contribution in [1.29, 1.82) is 0 Å². The predicted octanol–water partition coefficient (Wildman–Crippen LogP) is 4.71. The van der Waals surface area contributed by atoms with Gasteiger partial charge in [-0.25, -0.2) is 4.79 Å². The molecule has 0 aliphatic rings. The van der Waals surface area contributed by atoms with Crippen LogP contribution in [0.3, 0.4) is 0 Å². The van der Waals surface area contributed by atoms with Crippen molar-refractivity contribution in [2.24, 2.45) is 0 Å². The van der Waals surface area contributed by atoms with Crippen molar-refractivity contribution in [3.63, 3.8) is 0 Å². The molecule has 2 aromatic heterocycles. The number of Topliss-reactive ketones (excluding diaryl/α,β-unsaturated/α-hetero) is 1. The first-order valence-electron chi connectivity index (χ1n) is 8.53. The van der Waals surface area contributed by atoms with Gasteiger partial charge in [0.2, 0.25) is 0 Å². The van der Waals surface area contributed by atoms with Gasteiger partial charge in [0.25, 0.3) is 5.78 Å². The van der Waals surface area contributed by atoms with Gasteiger partial charge >= 0.3 is 5.97 Å². The third-order valence-electron chi connectivity index (χ3n) is 4.34. The molecule has 0 aliphatic heterocycles. The predicted molar refractivity (Wildman–Crippen MR) is 104 cm³/mol. The van der Waals surface area contributed by atoms with Crippen molar-refractivity contribution >= 4 is 34.3 Å². The van der Waals surface area contributed by atoms with Crippen LogP contribution in [0.15, 0.2) is 59.1 Å². The molecule has 0 radical (unpaired) electrons. The summed E-state index contributed by atoms with van der Waals surface area (Å²) in [6.45, 7) is 1.58. The fourth-order valence-corrected chi connectivity index (χ4v) is 3.13. The Balaban J connectivity index is 1.46. The van der Waals surface area contributed by atoms with Gasteiger partial charge in [0.1, 0.15) is 12.3 Å². The number of carbonyl (C=O) groups is 2. The summed E-state index contributed by atoms with van der Waals surface area (Å²) in [5.41, 5.74) is 2.93. The minimum absolute atomic E-state index is 0.164. The minimum atomic E-state index is -0.941. The number of benzene rings is 2. The van der Waals surface area contributed by atoms with E-state index < -0.39 is 11.8 Å². The van der Waals surface area contributed by atoms with Crippen LogP contribution in [-0.2, 0) is 16.1 Å². The third-order valence-corrected chi connectivity index (χ3v) is 4.60. The van der Waals surface area contributed by atoms with Crippen LogP contribution in [0.1, 0.15) is 21.7 Å². The number of H-pyrrole nitrogens is 1. The molecule has 0 aliphatic carbocycles. The largest absolute Gasteiger partial charge is 0.453 e. The Morgan fingerprint density at radius 2 is 1.89 bits per heavy atom. The average molecular weight is 395 g/mol. The molecule has 6 nitrogen and oxygen atoms in total. The van der Waals surface area contributed by atoms with E-state index in [9.17, 15) is 9.59 Å². The first-order valence-corrected chi connectivity index (χ1v) is 8.91. The molecule has 140 valence electrons. The standard InChI is InChI=1S/C21H15ClN2O4/c1-12-19(16-4-2-3-5-17(16)23-12)20(25)21(26)27-11-15-10-18(28-24-15)13-6-8-14(22)9-7-13/h2-10,23H,11H2,1H3. The number of hydrogen-bond acceptors (Lipinski definition) is 5. The van der Waals surface area contributed by atoms with E-state index in [1.54, 1.807) is 43.3 Å². The minimum Gasteiger partial charge on any atom is -0.453 e. The topological polar surface area (TPSA) is 85.2 Å². The number of nitrogens with zero attached hydrogens (tertiary/aromatic N) is 1. The fraction of sp³-hybridized carbons (Fsp3) is 0.0952. The number of ketones is 1. The second-order valence-electron chi connectivity index (χ2n) is 6.27. The number of esters is 1. The lowest BCUT2D eigenvalue weighted by atomic mass is 10.1. The smallest absolute Gasteiger partial charge is 0.380 e. The molecule has 2 heterocycles. The number of rotatable bonds is 5. The van der Waals surface area contributed by atoms with Gasteiger partial charge in [-0.05, 0) is 37.3 Å². The monoisotopic (exact) mass is 394 g/mol. The summed E-state index contributed by atoms with van der Waals surface area (Å²) in [5, 5.41) is 5.18. The van der Waals surface area contributed by atoms with Crippen molar-refractivity contribution in [2.45, 2.75) is 13.5 Å². The Hall–Kier alpha value is -3.38. The highest BCUT2D eigenvalue weighted by Crippen LogP contribution is 2.24. The van der Waals surface area contributed by atoms with Crippen molar-refractivity contribution in [3.05, 3.63) is 76.6 Å². The van der Waals surface area contributed by atoms with E-state index in [1.165, 1.54) is 0 Å². The highest BCUT2D eigenvalue weighted by atomic mass is 35.5. The number of hydrogen-bond donors (Lipinski definition) is 1. The molecule has 4 aromatic rings. The Labute approximate surface area is 165 Å². The zero-order chi connectivity index (χ0) is 19.7. The van der Waals surface area contributed by atoms with E-state index >= 15 is 0 Å². The third kappa shape index (κ3) is 3.42. The Bertz CT molecular complexity index is 1170. The summed E-state index contributed by atoms with van der Waals surface area (Å²) in [5.74, 6) is -1.12. The van der Waals surface area contributed by atoms with Gasteiger partial charge in [0.05, 0.1) is 5.56 Å². The summed E-state index contributed by atoms with van der Waals surface area (Å²) < 4.78 is 10.4. The van der Waals surface area contributed by atoms with E-state index in [2.05, 4.69) is 10.1 Å². The normalized spacial score (nSPS) is 10.9. The van der Waals surface area contributed by atoms with Gasteiger partial charge in [-0.1, -0.05) is 35.0 Å². The van der Waals surface area contributed by atoms with Crippen molar-refractivity contribution in [1.82, 2.24) is 10.1 Å². The van der Waals surface area contributed by atoms with Gasteiger partial charge in [-0.15, -0.1) is 0 Å². The number of aromatic nitrogens is 2. The van der Waals surface area contributed by atoms with E-state index in [4.69, 9.17) is 20.9 Å². The number of para-hydroxylation sites is 1. The molecule has 0 unspecified atom stereocenters. The maximum absolute atomic E-state index is 12.6. The van der Waals surface area contributed by atoms with Crippen LogP contribution < -0.4 is 0 Å². The summed E-state index contributed by atoms with van der Waals surface area (Å²) >= 11 is 5.87. The highest BCUT2D eigenvalue weighted by Gasteiger charge is 2.24. The lowest BCUT2D eigenvalue weighted by molar-refractivity contribution is -0.139.